The molecule has 1 amide bonds. The zero-order valence-electron chi connectivity index (χ0n) is 17.6. The summed E-state index contributed by atoms with van der Waals surface area (Å²) in [5.41, 5.74) is 1.34. The van der Waals surface area contributed by atoms with Crippen molar-refractivity contribution in [1.82, 2.24) is 15.0 Å². The topological polar surface area (TPSA) is 59.2 Å². The fourth-order valence-electron chi connectivity index (χ4n) is 3.19. The number of amides is 1. The van der Waals surface area contributed by atoms with Crippen LogP contribution in [0.5, 0.6) is 0 Å². The van der Waals surface area contributed by atoms with E-state index in [4.69, 9.17) is 4.52 Å². The highest BCUT2D eigenvalue weighted by Gasteiger charge is 2.30. The van der Waals surface area contributed by atoms with Gasteiger partial charge >= 0.3 is 6.18 Å². The van der Waals surface area contributed by atoms with Crippen LogP contribution in [0.2, 0.25) is 0 Å². The Bertz CT molecular complexity index is 1030. The van der Waals surface area contributed by atoms with Gasteiger partial charge in [0, 0.05) is 30.6 Å². The Hall–Kier alpha value is -3.16. The lowest BCUT2D eigenvalue weighted by atomic mass is 10.1. The summed E-state index contributed by atoms with van der Waals surface area (Å²) in [5, 5.41) is 4.01. The fourth-order valence-corrected chi connectivity index (χ4v) is 3.19. The van der Waals surface area contributed by atoms with Crippen LogP contribution >= 0.6 is 0 Å². The average Bonchev–Trinajstić information content (AvgIpc) is 3.19. The van der Waals surface area contributed by atoms with Crippen LogP contribution in [0, 0.1) is 12.8 Å². The van der Waals surface area contributed by atoms with Gasteiger partial charge in [-0.25, -0.2) is 0 Å². The third-order valence-corrected chi connectivity index (χ3v) is 4.67. The number of aryl methyl sites for hydroxylation is 1. The summed E-state index contributed by atoms with van der Waals surface area (Å²) in [6.07, 6.45) is -4.09. The number of nitrogens with zero attached hydrogens (tertiary/aromatic N) is 3. The molecule has 8 heteroatoms. The number of hydrogen-bond acceptors (Lipinski definition) is 4. The van der Waals surface area contributed by atoms with Gasteiger partial charge in [0.05, 0.1) is 5.56 Å². The minimum absolute atomic E-state index is 0.184. The van der Waals surface area contributed by atoms with Crippen LogP contribution in [0.1, 0.15) is 41.2 Å². The number of rotatable bonds is 7. The predicted octanol–water partition coefficient (Wildman–Crippen LogP) is 5.40. The maximum atomic E-state index is 12.9. The van der Waals surface area contributed by atoms with Crippen LogP contribution in [0.15, 0.2) is 53.1 Å². The molecule has 0 atom stereocenters. The standard InChI is InChI=1S/C23H24F3N3O2/c1-15(2)14-29(22(30)17-7-9-19(10-8-17)23(24,25)26)12-11-20-27-21(28-31-20)18-6-4-5-16(3)13-18/h4-10,13,15H,11-12,14H2,1-3H3. The molecule has 0 aliphatic carbocycles. The first-order valence-electron chi connectivity index (χ1n) is 9.99. The number of carbonyl (C=O) groups excluding carboxylic acids is 1. The van der Waals surface area contributed by atoms with Crippen LogP contribution in [0.3, 0.4) is 0 Å². The summed E-state index contributed by atoms with van der Waals surface area (Å²) in [6.45, 7) is 6.68. The molecule has 0 aliphatic heterocycles. The molecule has 0 fully saturated rings. The molecule has 5 nitrogen and oxygen atoms in total. The molecule has 0 unspecified atom stereocenters. The van der Waals surface area contributed by atoms with Crippen LogP contribution in [0.25, 0.3) is 11.4 Å². The summed E-state index contributed by atoms with van der Waals surface area (Å²) in [5.74, 6) is 0.721. The highest BCUT2D eigenvalue weighted by atomic mass is 19.4. The van der Waals surface area contributed by atoms with Crippen molar-refractivity contribution >= 4 is 5.91 Å². The van der Waals surface area contributed by atoms with Crippen molar-refractivity contribution in [2.75, 3.05) is 13.1 Å². The number of halogens is 3. The Kier molecular flexibility index (Phi) is 6.77. The van der Waals surface area contributed by atoms with Crippen LogP contribution in [-0.4, -0.2) is 34.0 Å². The van der Waals surface area contributed by atoms with Gasteiger partial charge in [0.1, 0.15) is 0 Å². The fraction of sp³-hybridized carbons (Fsp3) is 0.348. The molecule has 1 heterocycles. The Morgan fingerprint density at radius 1 is 1.13 bits per heavy atom. The highest BCUT2D eigenvalue weighted by Crippen LogP contribution is 2.29. The molecule has 1 aromatic heterocycles. The van der Waals surface area contributed by atoms with Gasteiger partial charge in [-0.1, -0.05) is 42.8 Å². The third kappa shape index (κ3) is 5.93. The van der Waals surface area contributed by atoms with E-state index < -0.39 is 11.7 Å². The number of aromatic nitrogens is 2. The van der Waals surface area contributed by atoms with Gasteiger partial charge in [0.25, 0.3) is 5.91 Å². The predicted molar refractivity (Wildman–Crippen MR) is 110 cm³/mol. The van der Waals surface area contributed by atoms with Gasteiger partial charge in [-0.15, -0.1) is 0 Å². The van der Waals surface area contributed by atoms with Gasteiger partial charge < -0.3 is 9.42 Å². The number of hydrogen-bond donors (Lipinski definition) is 0. The molecule has 0 radical (unpaired) electrons. The lowest BCUT2D eigenvalue weighted by Gasteiger charge is -2.24. The van der Waals surface area contributed by atoms with E-state index in [1.165, 1.54) is 12.1 Å². The van der Waals surface area contributed by atoms with Gasteiger partial charge in [0.15, 0.2) is 0 Å². The van der Waals surface area contributed by atoms with E-state index in [0.717, 1.165) is 23.3 Å². The minimum atomic E-state index is -4.44. The van der Waals surface area contributed by atoms with Crippen molar-refractivity contribution < 1.29 is 22.5 Å². The molecule has 0 saturated carbocycles. The lowest BCUT2D eigenvalue weighted by Crippen LogP contribution is -2.36. The Labute approximate surface area is 178 Å². The molecular formula is C23H24F3N3O2. The van der Waals surface area contributed by atoms with Crippen molar-refractivity contribution in [2.45, 2.75) is 33.4 Å². The first-order valence-corrected chi connectivity index (χ1v) is 9.99. The number of benzene rings is 2. The molecule has 31 heavy (non-hydrogen) atoms. The second kappa shape index (κ2) is 9.32. The largest absolute Gasteiger partial charge is 0.416 e. The summed E-state index contributed by atoms with van der Waals surface area (Å²) >= 11 is 0. The van der Waals surface area contributed by atoms with Crippen molar-refractivity contribution in [3.05, 3.63) is 71.1 Å². The molecule has 0 aliphatic rings. The zero-order chi connectivity index (χ0) is 22.6. The number of alkyl halides is 3. The number of carbonyl (C=O) groups is 1. The molecule has 164 valence electrons. The molecule has 0 saturated heterocycles. The maximum absolute atomic E-state index is 12.9. The van der Waals surface area contributed by atoms with Crippen molar-refractivity contribution in [3.8, 4) is 11.4 Å². The molecule has 3 aromatic rings. The monoisotopic (exact) mass is 431 g/mol. The zero-order valence-corrected chi connectivity index (χ0v) is 17.6. The third-order valence-electron chi connectivity index (χ3n) is 4.67. The van der Waals surface area contributed by atoms with E-state index in [1.807, 2.05) is 45.0 Å². The summed E-state index contributed by atoms with van der Waals surface area (Å²) in [6, 6.07) is 12.0. The first-order chi connectivity index (χ1) is 14.6. The molecule has 0 bridgehead atoms. The molecular weight excluding hydrogens is 407 g/mol. The summed E-state index contributed by atoms with van der Waals surface area (Å²) < 4.78 is 43.7. The van der Waals surface area contributed by atoms with E-state index in [0.29, 0.717) is 31.2 Å². The van der Waals surface area contributed by atoms with Gasteiger partial charge in [0.2, 0.25) is 11.7 Å². The van der Waals surface area contributed by atoms with Crippen molar-refractivity contribution in [2.24, 2.45) is 5.92 Å². The van der Waals surface area contributed by atoms with Crippen LogP contribution in [-0.2, 0) is 12.6 Å². The maximum Gasteiger partial charge on any atom is 0.416 e. The van der Waals surface area contributed by atoms with Crippen molar-refractivity contribution in [1.29, 1.82) is 0 Å². The van der Waals surface area contributed by atoms with Gasteiger partial charge in [-0.3, -0.25) is 4.79 Å². The molecule has 2 aromatic carbocycles. The Balaban J connectivity index is 1.71. The first kappa shape index (κ1) is 22.5. The molecule has 0 N–H and O–H groups in total. The van der Waals surface area contributed by atoms with Gasteiger partial charge in [-0.2, -0.15) is 18.2 Å². The van der Waals surface area contributed by atoms with E-state index in [-0.39, 0.29) is 17.4 Å². The van der Waals surface area contributed by atoms with E-state index in [1.54, 1.807) is 4.90 Å². The second-order valence-corrected chi connectivity index (χ2v) is 7.85. The summed E-state index contributed by atoms with van der Waals surface area (Å²) in [4.78, 5) is 18.9. The Morgan fingerprint density at radius 3 is 2.45 bits per heavy atom. The average molecular weight is 431 g/mol. The lowest BCUT2D eigenvalue weighted by molar-refractivity contribution is -0.137. The normalized spacial score (nSPS) is 11.7. The van der Waals surface area contributed by atoms with E-state index >= 15 is 0 Å². The van der Waals surface area contributed by atoms with Crippen LogP contribution < -0.4 is 0 Å². The van der Waals surface area contributed by atoms with Crippen LogP contribution in [0.4, 0.5) is 13.2 Å². The molecule has 0 spiro atoms. The second-order valence-electron chi connectivity index (χ2n) is 7.85. The quantitative estimate of drug-likeness (QED) is 0.502. The van der Waals surface area contributed by atoms with Crippen molar-refractivity contribution in [3.63, 3.8) is 0 Å². The van der Waals surface area contributed by atoms with E-state index in [9.17, 15) is 18.0 Å². The summed E-state index contributed by atoms with van der Waals surface area (Å²) in [7, 11) is 0. The SMILES string of the molecule is Cc1cccc(-c2noc(CCN(CC(C)C)C(=O)c3ccc(C(F)(F)F)cc3)n2)c1. The van der Waals surface area contributed by atoms with E-state index in [2.05, 4.69) is 10.1 Å². The molecule has 3 rings (SSSR count). The smallest absolute Gasteiger partial charge is 0.339 e. The Morgan fingerprint density at radius 2 is 1.84 bits per heavy atom. The highest BCUT2D eigenvalue weighted by molar-refractivity contribution is 5.94. The van der Waals surface area contributed by atoms with Gasteiger partial charge in [-0.05, 0) is 43.2 Å². The minimum Gasteiger partial charge on any atom is -0.339 e.